The van der Waals surface area contributed by atoms with Gasteiger partial charge in [0.1, 0.15) is 5.82 Å². The van der Waals surface area contributed by atoms with Crippen molar-refractivity contribution in [3.8, 4) is 0 Å². The quantitative estimate of drug-likeness (QED) is 0.640. The maximum absolute atomic E-state index is 13.3. The number of nitrogens with one attached hydrogen (secondary N) is 1. The Morgan fingerprint density at radius 1 is 0.935 bits per heavy atom. The third-order valence-corrected chi connectivity index (χ3v) is 6.21. The highest BCUT2D eigenvalue weighted by atomic mass is 32.1. The molecule has 1 fully saturated rings. The monoisotopic (exact) mass is 437 g/mol. The summed E-state index contributed by atoms with van der Waals surface area (Å²) in [7, 11) is 0. The Hall–Kier alpha value is -3.03. The third kappa shape index (κ3) is 5.37. The van der Waals surface area contributed by atoms with Crippen LogP contribution in [0.3, 0.4) is 0 Å². The van der Waals surface area contributed by atoms with Gasteiger partial charge in [-0.1, -0.05) is 30.3 Å². The zero-order valence-corrected chi connectivity index (χ0v) is 17.9. The van der Waals surface area contributed by atoms with E-state index >= 15 is 0 Å². The average molecular weight is 438 g/mol. The highest BCUT2D eigenvalue weighted by molar-refractivity contribution is 7.12. The molecule has 2 amide bonds. The van der Waals surface area contributed by atoms with Crippen LogP contribution in [0.4, 0.5) is 10.1 Å². The normalized spacial score (nSPS) is 14.8. The van der Waals surface area contributed by atoms with Crippen LogP contribution < -0.4 is 5.32 Å². The molecule has 0 unspecified atom stereocenters. The zero-order valence-electron chi connectivity index (χ0n) is 17.1. The first kappa shape index (κ1) is 21.2. The maximum atomic E-state index is 13.3. The molecule has 160 valence electrons. The summed E-state index contributed by atoms with van der Waals surface area (Å²) in [6.45, 7) is 3.61. The lowest BCUT2D eigenvalue weighted by Gasteiger charge is -2.23. The minimum atomic E-state index is -0.235. The number of halogens is 1. The first-order chi connectivity index (χ1) is 15.1. The van der Waals surface area contributed by atoms with Crippen LogP contribution in [0.5, 0.6) is 0 Å². The fourth-order valence-corrected chi connectivity index (χ4v) is 4.34. The minimum Gasteiger partial charge on any atom is -0.337 e. The van der Waals surface area contributed by atoms with Crippen LogP contribution in [0.1, 0.15) is 32.0 Å². The number of amides is 2. The molecule has 2 aromatic carbocycles. The largest absolute Gasteiger partial charge is 0.337 e. The van der Waals surface area contributed by atoms with Crippen molar-refractivity contribution in [1.82, 2.24) is 9.80 Å². The SMILES string of the molecule is O=C(Nc1ccccc1C(=O)N1CCCN(Cc2ccc(F)cc2)CC1)c1cccs1. The van der Waals surface area contributed by atoms with Gasteiger partial charge in [-0.05, 0) is 47.7 Å². The second-order valence-electron chi connectivity index (χ2n) is 7.53. The highest BCUT2D eigenvalue weighted by Crippen LogP contribution is 2.21. The van der Waals surface area contributed by atoms with Crippen LogP contribution in [0, 0.1) is 5.82 Å². The molecule has 2 heterocycles. The molecule has 0 aliphatic carbocycles. The molecule has 0 spiro atoms. The Bertz CT molecular complexity index is 1040. The van der Waals surface area contributed by atoms with Gasteiger partial charge in [0.2, 0.25) is 0 Å². The molecule has 1 aliphatic heterocycles. The molecular weight excluding hydrogens is 413 g/mol. The number of rotatable bonds is 5. The Morgan fingerprint density at radius 2 is 1.74 bits per heavy atom. The van der Waals surface area contributed by atoms with Crippen molar-refractivity contribution in [2.75, 3.05) is 31.5 Å². The molecule has 1 aromatic heterocycles. The summed E-state index contributed by atoms with van der Waals surface area (Å²) in [6, 6.07) is 17.3. The second-order valence-corrected chi connectivity index (χ2v) is 8.47. The van der Waals surface area contributed by atoms with Gasteiger partial charge in [0.25, 0.3) is 11.8 Å². The van der Waals surface area contributed by atoms with Gasteiger partial charge in [-0.15, -0.1) is 11.3 Å². The molecule has 5 nitrogen and oxygen atoms in total. The van der Waals surface area contributed by atoms with Gasteiger partial charge in [0.05, 0.1) is 16.1 Å². The number of hydrogen-bond acceptors (Lipinski definition) is 4. The number of anilines is 1. The summed E-state index contributed by atoms with van der Waals surface area (Å²) < 4.78 is 13.1. The third-order valence-electron chi connectivity index (χ3n) is 5.35. The van der Waals surface area contributed by atoms with Crippen molar-refractivity contribution in [3.63, 3.8) is 0 Å². The molecule has 4 rings (SSSR count). The van der Waals surface area contributed by atoms with E-state index in [-0.39, 0.29) is 17.6 Å². The number of thiophene rings is 1. The van der Waals surface area contributed by atoms with Crippen LogP contribution in [-0.2, 0) is 6.54 Å². The number of nitrogens with zero attached hydrogens (tertiary/aromatic N) is 2. The molecule has 31 heavy (non-hydrogen) atoms. The van der Waals surface area contributed by atoms with E-state index < -0.39 is 0 Å². The van der Waals surface area contributed by atoms with E-state index in [0.717, 1.165) is 31.6 Å². The minimum absolute atomic E-state index is 0.0780. The van der Waals surface area contributed by atoms with Gasteiger partial charge >= 0.3 is 0 Å². The van der Waals surface area contributed by atoms with E-state index in [2.05, 4.69) is 10.2 Å². The Balaban J connectivity index is 1.41. The van der Waals surface area contributed by atoms with Gasteiger partial charge < -0.3 is 10.2 Å². The molecule has 7 heteroatoms. The fraction of sp³-hybridized carbons (Fsp3) is 0.250. The Labute approximate surface area is 185 Å². The summed E-state index contributed by atoms with van der Waals surface area (Å²) in [5.41, 5.74) is 2.08. The Kier molecular flexibility index (Phi) is 6.74. The van der Waals surface area contributed by atoms with Crippen LogP contribution in [0.2, 0.25) is 0 Å². The number of para-hydroxylation sites is 1. The van der Waals surface area contributed by atoms with E-state index in [4.69, 9.17) is 0 Å². The standard InChI is InChI=1S/C24H24FN3O2S/c25-19-10-8-18(9-11-19)17-27-12-4-13-28(15-14-27)24(30)20-5-1-2-6-21(20)26-23(29)22-7-3-16-31-22/h1-3,5-11,16H,4,12-15,17H2,(H,26,29). The van der Waals surface area contributed by atoms with Crippen LogP contribution in [0.25, 0.3) is 0 Å². The highest BCUT2D eigenvalue weighted by Gasteiger charge is 2.23. The number of benzene rings is 2. The van der Waals surface area contributed by atoms with E-state index in [9.17, 15) is 14.0 Å². The van der Waals surface area contributed by atoms with Crippen LogP contribution >= 0.6 is 11.3 Å². The van der Waals surface area contributed by atoms with Crippen molar-refractivity contribution in [2.45, 2.75) is 13.0 Å². The van der Waals surface area contributed by atoms with Gasteiger partial charge in [-0.2, -0.15) is 0 Å². The lowest BCUT2D eigenvalue weighted by molar-refractivity contribution is 0.0762. The second kappa shape index (κ2) is 9.85. The van der Waals surface area contributed by atoms with Crippen molar-refractivity contribution >= 4 is 28.8 Å². The van der Waals surface area contributed by atoms with Crippen LogP contribution in [0.15, 0.2) is 66.0 Å². The van der Waals surface area contributed by atoms with Crippen molar-refractivity contribution < 1.29 is 14.0 Å². The molecule has 0 radical (unpaired) electrons. The number of carbonyl (C=O) groups is 2. The van der Waals surface area contributed by atoms with Gasteiger partial charge in [-0.3, -0.25) is 14.5 Å². The molecule has 1 aliphatic rings. The predicted octanol–water partition coefficient (Wildman–Crippen LogP) is 4.49. The topological polar surface area (TPSA) is 52.7 Å². The van der Waals surface area contributed by atoms with E-state index in [1.54, 1.807) is 30.3 Å². The van der Waals surface area contributed by atoms with E-state index in [0.29, 0.717) is 29.2 Å². The molecule has 1 saturated heterocycles. The van der Waals surface area contributed by atoms with Gasteiger partial charge in [0, 0.05) is 32.7 Å². The molecule has 1 N–H and O–H groups in total. The molecule has 3 aromatic rings. The van der Waals surface area contributed by atoms with Gasteiger partial charge in [-0.25, -0.2) is 4.39 Å². The summed E-state index contributed by atoms with van der Waals surface area (Å²) in [5, 5.41) is 4.73. The maximum Gasteiger partial charge on any atom is 0.265 e. The molecule has 0 saturated carbocycles. The summed E-state index contributed by atoms with van der Waals surface area (Å²) in [6.07, 6.45) is 0.858. The summed E-state index contributed by atoms with van der Waals surface area (Å²) in [4.78, 5) is 30.5. The number of hydrogen-bond donors (Lipinski definition) is 1. The van der Waals surface area contributed by atoms with E-state index in [1.165, 1.54) is 23.5 Å². The van der Waals surface area contributed by atoms with Crippen LogP contribution in [-0.4, -0.2) is 47.8 Å². The van der Waals surface area contributed by atoms with Crippen molar-refractivity contribution in [2.24, 2.45) is 0 Å². The first-order valence-electron chi connectivity index (χ1n) is 10.3. The summed E-state index contributed by atoms with van der Waals surface area (Å²) >= 11 is 1.36. The Morgan fingerprint density at radius 3 is 2.52 bits per heavy atom. The average Bonchev–Trinajstić information content (AvgIpc) is 3.23. The zero-order chi connectivity index (χ0) is 21.6. The fourth-order valence-electron chi connectivity index (χ4n) is 3.72. The van der Waals surface area contributed by atoms with Gasteiger partial charge in [0.15, 0.2) is 0 Å². The lowest BCUT2D eigenvalue weighted by Crippen LogP contribution is -2.35. The molecule has 0 atom stereocenters. The summed E-state index contributed by atoms with van der Waals surface area (Å²) in [5.74, 6) is -0.525. The smallest absolute Gasteiger partial charge is 0.265 e. The predicted molar refractivity (Wildman–Crippen MR) is 121 cm³/mol. The van der Waals surface area contributed by atoms with E-state index in [1.807, 2.05) is 28.5 Å². The molecule has 0 bridgehead atoms. The van der Waals surface area contributed by atoms with Crippen molar-refractivity contribution in [1.29, 1.82) is 0 Å². The lowest BCUT2D eigenvalue weighted by atomic mass is 10.1. The van der Waals surface area contributed by atoms with Crippen molar-refractivity contribution in [3.05, 3.63) is 87.9 Å². The first-order valence-corrected chi connectivity index (χ1v) is 11.2. The number of carbonyl (C=O) groups excluding carboxylic acids is 2. The molecular formula is C24H24FN3O2S.